The molecule has 0 spiro atoms. The summed E-state index contributed by atoms with van der Waals surface area (Å²) in [7, 11) is 1.38. The van der Waals surface area contributed by atoms with Gasteiger partial charge in [0.05, 0.1) is 19.0 Å². The number of carboxylic acid groups (broad SMARTS) is 1. The Hall–Kier alpha value is -2.83. The van der Waals surface area contributed by atoms with Crippen molar-refractivity contribution in [2.75, 3.05) is 12.4 Å². The lowest BCUT2D eigenvalue weighted by Crippen LogP contribution is -2.14. The molecule has 2 rings (SSSR count). The number of carbonyl (C=O) groups is 1. The second-order valence-corrected chi connectivity index (χ2v) is 3.97. The maximum atomic E-state index is 11.5. The SMILES string of the molecule is COc1c(NCc2cccc(C(=O)O)c2)nc[nH]c1=O. The zero-order valence-corrected chi connectivity index (χ0v) is 10.7. The zero-order valence-electron chi connectivity index (χ0n) is 10.7. The molecule has 7 nitrogen and oxygen atoms in total. The predicted octanol–water partition coefficient (Wildman–Crippen LogP) is 1.09. The normalized spacial score (nSPS) is 10.1. The molecule has 1 aromatic heterocycles. The van der Waals surface area contributed by atoms with E-state index in [1.54, 1.807) is 18.2 Å². The first-order chi connectivity index (χ1) is 9.61. The number of hydrogen-bond acceptors (Lipinski definition) is 5. The van der Waals surface area contributed by atoms with E-state index in [2.05, 4.69) is 15.3 Å². The Morgan fingerprint density at radius 2 is 2.30 bits per heavy atom. The summed E-state index contributed by atoms with van der Waals surface area (Å²) in [5.41, 5.74) is 0.577. The molecule has 0 atom stereocenters. The lowest BCUT2D eigenvalue weighted by Gasteiger charge is -2.09. The van der Waals surface area contributed by atoms with Crippen LogP contribution in [0.5, 0.6) is 5.75 Å². The molecular weight excluding hydrogens is 262 g/mol. The van der Waals surface area contributed by atoms with Crippen LogP contribution in [0.25, 0.3) is 0 Å². The number of nitrogens with zero attached hydrogens (tertiary/aromatic N) is 1. The van der Waals surface area contributed by atoms with E-state index in [-0.39, 0.29) is 16.9 Å². The van der Waals surface area contributed by atoms with Crippen molar-refractivity contribution in [3.8, 4) is 5.75 Å². The van der Waals surface area contributed by atoms with Crippen molar-refractivity contribution in [3.05, 3.63) is 52.1 Å². The highest BCUT2D eigenvalue weighted by Crippen LogP contribution is 2.16. The van der Waals surface area contributed by atoms with Crippen molar-refractivity contribution in [1.82, 2.24) is 9.97 Å². The van der Waals surface area contributed by atoms with E-state index in [9.17, 15) is 9.59 Å². The van der Waals surface area contributed by atoms with Crippen LogP contribution in [0.1, 0.15) is 15.9 Å². The number of aromatic amines is 1. The summed E-state index contributed by atoms with van der Waals surface area (Å²) in [6.07, 6.45) is 1.26. The van der Waals surface area contributed by atoms with Crippen LogP contribution >= 0.6 is 0 Å². The first-order valence-corrected chi connectivity index (χ1v) is 5.79. The van der Waals surface area contributed by atoms with Crippen molar-refractivity contribution in [3.63, 3.8) is 0 Å². The molecule has 0 aliphatic heterocycles. The predicted molar refractivity (Wildman–Crippen MR) is 72.1 cm³/mol. The average molecular weight is 275 g/mol. The van der Waals surface area contributed by atoms with Gasteiger partial charge in [-0.05, 0) is 17.7 Å². The van der Waals surface area contributed by atoms with Crippen LogP contribution in [0.2, 0.25) is 0 Å². The summed E-state index contributed by atoms with van der Waals surface area (Å²) < 4.78 is 4.96. The number of nitrogens with one attached hydrogen (secondary N) is 2. The van der Waals surface area contributed by atoms with Crippen molar-refractivity contribution in [2.24, 2.45) is 0 Å². The van der Waals surface area contributed by atoms with E-state index < -0.39 is 5.97 Å². The van der Waals surface area contributed by atoms with Gasteiger partial charge in [0, 0.05) is 6.54 Å². The van der Waals surface area contributed by atoms with Crippen LogP contribution in [0.3, 0.4) is 0 Å². The number of benzene rings is 1. The molecule has 0 aliphatic rings. The number of methoxy groups -OCH3 is 1. The maximum Gasteiger partial charge on any atom is 0.335 e. The molecule has 7 heteroatoms. The summed E-state index contributed by atoms with van der Waals surface area (Å²) in [5, 5.41) is 11.9. The minimum Gasteiger partial charge on any atom is -0.489 e. The Morgan fingerprint density at radius 3 is 3.00 bits per heavy atom. The van der Waals surface area contributed by atoms with E-state index >= 15 is 0 Å². The van der Waals surface area contributed by atoms with Crippen LogP contribution in [-0.4, -0.2) is 28.2 Å². The van der Waals surface area contributed by atoms with Gasteiger partial charge in [0.15, 0.2) is 5.82 Å². The second-order valence-electron chi connectivity index (χ2n) is 3.97. The maximum absolute atomic E-state index is 11.5. The topological polar surface area (TPSA) is 104 Å². The van der Waals surface area contributed by atoms with Crippen molar-refractivity contribution in [2.45, 2.75) is 6.54 Å². The van der Waals surface area contributed by atoms with E-state index in [1.165, 1.54) is 19.5 Å². The average Bonchev–Trinajstić information content (AvgIpc) is 2.45. The van der Waals surface area contributed by atoms with Crippen LogP contribution in [0.4, 0.5) is 5.82 Å². The summed E-state index contributed by atoms with van der Waals surface area (Å²) in [6.45, 7) is 0.327. The molecule has 0 bridgehead atoms. The monoisotopic (exact) mass is 275 g/mol. The number of anilines is 1. The van der Waals surface area contributed by atoms with Crippen LogP contribution in [0, 0.1) is 0 Å². The fraction of sp³-hybridized carbons (Fsp3) is 0.154. The number of rotatable bonds is 5. The van der Waals surface area contributed by atoms with Gasteiger partial charge in [-0.1, -0.05) is 12.1 Å². The van der Waals surface area contributed by atoms with Gasteiger partial charge in [-0.25, -0.2) is 9.78 Å². The molecule has 0 amide bonds. The van der Waals surface area contributed by atoms with Crippen molar-refractivity contribution < 1.29 is 14.6 Å². The first-order valence-electron chi connectivity index (χ1n) is 5.79. The lowest BCUT2D eigenvalue weighted by molar-refractivity contribution is 0.0697. The van der Waals surface area contributed by atoms with Gasteiger partial charge in [-0.2, -0.15) is 0 Å². The Kier molecular flexibility index (Phi) is 3.99. The number of carboxylic acids is 1. The number of aromatic carboxylic acids is 1. The highest BCUT2D eigenvalue weighted by Gasteiger charge is 2.09. The molecule has 1 heterocycles. The van der Waals surface area contributed by atoms with E-state index in [0.29, 0.717) is 12.4 Å². The van der Waals surface area contributed by atoms with Crippen molar-refractivity contribution in [1.29, 1.82) is 0 Å². The van der Waals surface area contributed by atoms with Crippen LogP contribution in [0.15, 0.2) is 35.4 Å². The molecule has 0 fully saturated rings. The molecule has 0 radical (unpaired) electrons. The Bertz CT molecular complexity index is 681. The molecule has 3 N–H and O–H groups in total. The van der Waals surface area contributed by atoms with Gasteiger partial charge in [-0.3, -0.25) is 4.79 Å². The minimum absolute atomic E-state index is 0.0851. The summed E-state index contributed by atoms with van der Waals surface area (Å²) >= 11 is 0. The quantitative estimate of drug-likeness (QED) is 0.754. The van der Waals surface area contributed by atoms with Gasteiger partial charge < -0.3 is 20.1 Å². The largest absolute Gasteiger partial charge is 0.489 e. The Labute approximate surface area is 114 Å². The highest BCUT2D eigenvalue weighted by atomic mass is 16.5. The number of aromatic nitrogens is 2. The van der Waals surface area contributed by atoms with Gasteiger partial charge in [0.2, 0.25) is 5.75 Å². The fourth-order valence-corrected chi connectivity index (χ4v) is 1.70. The molecule has 0 saturated heterocycles. The molecule has 104 valence electrons. The number of hydrogen-bond donors (Lipinski definition) is 3. The minimum atomic E-state index is -0.987. The van der Waals surface area contributed by atoms with Crippen molar-refractivity contribution >= 4 is 11.8 Å². The van der Waals surface area contributed by atoms with Gasteiger partial charge in [-0.15, -0.1) is 0 Å². The summed E-state index contributed by atoms with van der Waals surface area (Å²) in [4.78, 5) is 28.7. The third-order valence-electron chi connectivity index (χ3n) is 2.65. The smallest absolute Gasteiger partial charge is 0.335 e. The summed E-state index contributed by atoms with van der Waals surface area (Å²) in [6, 6.07) is 6.49. The van der Waals surface area contributed by atoms with Gasteiger partial charge >= 0.3 is 5.97 Å². The highest BCUT2D eigenvalue weighted by molar-refractivity contribution is 5.87. The molecule has 2 aromatic rings. The van der Waals surface area contributed by atoms with E-state index in [1.807, 2.05) is 0 Å². The van der Waals surface area contributed by atoms with Gasteiger partial charge in [0.25, 0.3) is 5.56 Å². The Morgan fingerprint density at radius 1 is 1.50 bits per heavy atom. The summed E-state index contributed by atoms with van der Waals surface area (Å²) in [5.74, 6) is -0.599. The second kappa shape index (κ2) is 5.87. The molecule has 0 unspecified atom stereocenters. The standard InChI is InChI=1S/C13H13N3O4/c1-20-10-11(15-7-16-12(10)17)14-6-8-3-2-4-9(5-8)13(18)19/h2-5,7H,6H2,1H3,(H,18,19)(H2,14,15,16,17). The lowest BCUT2D eigenvalue weighted by atomic mass is 10.1. The molecular formula is C13H13N3O4. The first kappa shape index (κ1) is 13.6. The third-order valence-corrected chi connectivity index (χ3v) is 2.65. The number of ether oxygens (including phenoxy) is 1. The third kappa shape index (κ3) is 2.94. The van der Waals surface area contributed by atoms with Crippen LogP contribution in [-0.2, 0) is 6.54 Å². The van der Waals surface area contributed by atoms with Crippen LogP contribution < -0.4 is 15.6 Å². The number of H-pyrrole nitrogens is 1. The van der Waals surface area contributed by atoms with E-state index in [4.69, 9.17) is 9.84 Å². The molecule has 0 aliphatic carbocycles. The molecule has 1 aromatic carbocycles. The fourth-order valence-electron chi connectivity index (χ4n) is 1.70. The molecule has 20 heavy (non-hydrogen) atoms. The molecule has 0 saturated carbocycles. The zero-order chi connectivity index (χ0) is 14.5. The Balaban J connectivity index is 2.17. The van der Waals surface area contributed by atoms with E-state index in [0.717, 1.165) is 5.56 Å². The van der Waals surface area contributed by atoms with Gasteiger partial charge in [0.1, 0.15) is 0 Å².